The van der Waals surface area contributed by atoms with Gasteiger partial charge in [0.15, 0.2) is 17.5 Å². The molecule has 38 heavy (non-hydrogen) atoms. The number of hydrogen-bond acceptors (Lipinski definition) is 5. The Kier molecular flexibility index (Phi) is 6.24. The van der Waals surface area contributed by atoms with Crippen molar-refractivity contribution in [3.05, 3.63) is 127 Å². The minimum Gasteiger partial charge on any atom is -0.508 e. The van der Waals surface area contributed by atoms with Crippen LogP contribution < -0.4 is 0 Å². The molecule has 0 amide bonds. The fourth-order valence-electron chi connectivity index (χ4n) is 4.64. The Morgan fingerprint density at radius 2 is 1.03 bits per heavy atom. The molecule has 6 rings (SSSR count). The van der Waals surface area contributed by atoms with Crippen LogP contribution in [0, 0.1) is 0 Å². The smallest absolute Gasteiger partial charge is 0.167 e. The Balaban J connectivity index is 1.42. The third-order valence-corrected chi connectivity index (χ3v) is 6.69. The molecule has 0 spiro atoms. The number of phenols is 2. The minimum absolute atomic E-state index is 0.0224. The van der Waals surface area contributed by atoms with E-state index in [4.69, 9.17) is 15.0 Å². The zero-order valence-electron chi connectivity index (χ0n) is 20.6. The van der Waals surface area contributed by atoms with Crippen molar-refractivity contribution in [3.8, 4) is 45.4 Å². The van der Waals surface area contributed by atoms with Crippen LogP contribution in [0.1, 0.15) is 24.2 Å². The molecular weight excluding hydrogens is 470 g/mol. The molecule has 0 bridgehead atoms. The maximum absolute atomic E-state index is 10.5. The molecule has 1 aliphatic rings. The second-order valence-electron chi connectivity index (χ2n) is 9.20. The van der Waals surface area contributed by atoms with Crippen molar-refractivity contribution in [2.75, 3.05) is 0 Å². The normalized spacial score (nSPS) is 13.1. The fraction of sp³-hybridized carbons (Fsp3) is 0.0606. The topological polar surface area (TPSA) is 79.1 Å². The first-order valence-corrected chi connectivity index (χ1v) is 12.5. The Morgan fingerprint density at radius 3 is 1.68 bits per heavy atom. The van der Waals surface area contributed by atoms with Crippen LogP contribution in [0.2, 0.25) is 0 Å². The predicted octanol–water partition coefficient (Wildman–Crippen LogP) is 7.54. The van der Waals surface area contributed by atoms with Crippen LogP contribution in [0.5, 0.6) is 11.5 Å². The van der Waals surface area contributed by atoms with Crippen LogP contribution in [0.4, 0.5) is 0 Å². The number of benzene rings is 4. The van der Waals surface area contributed by atoms with Crippen LogP contribution in [0.25, 0.3) is 45.0 Å². The predicted molar refractivity (Wildman–Crippen MR) is 151 cm³/mol. The van der Waals surface area contributed by atoms with Gasteiger partial charge in [0, 0.05) is 11.6 Å². The molecule has 5 heteroatoms. The molecule has 0 saturated heterocycles. The molecule has 4 aromatic carbocycles. The van der Waals surface area contributed by atoms with Crippen molar-refractivity contribution in [2.24, 2.45) is 0 Å². The van der Waals surface area contributed by atoms with Gasteiger partial charge in [-0.1, -0.05) is 97.1 Å². The summed E-state index contributed by atoms with van der Waals surface area (Å²) < 4.78 is 0. The lowest BCUT2D eigenvalue weighted by Gasteiger charge is -2.16. The Morgan fingerprint density at radius 1 is 0.474 bits per heavy atom. The molecule has 1 aromatic heterocycles. The van der Waals surface area contributed by atoms with Gasteiger partial charge in [-0.3, -0.25) is 0 Å². The molecule has 1 aliphatic carbocycles. The van der Waals surface area contributed by atoms with Gasteiger partial charge in [-0.15, -0.1) is 0 Å². The van der Waals surface area contributed by atoms with Crippen molar-refractivity contribution in [1.82, 2.24) is 15.0 Å². The lowest BCUT2D eigenvalue weighted by atomic mass is 9.93. The maximum Gasteiger partial charge on any atom is 0.167 e. The van der Waals surface area contributed by atoms with E-state index in [2.05, 4.69) is 48.6 Å². The summed E-state index contributed by atoms with van der Waals surface area (Å²) in [5.41, 5.74) is 7.03. The van der Waals surface area contributed by atoms with Crippen molar-refractivity contribution in [3.63, 3.8) is 0 Å². The highest BCUT2D eigenvalue weighted by Gasteiger charge is 2.18. The molecule has 5 aromatic rings. The first-order chi connectivity index (χ1) is 18.6. The van der Waals surface area contributed by atoms with E-state index in [1.807, 2.05) is 48.5 Å². The Labute approximate surface area is 221 Å². The summed E-state index contributed by atoms with van der Waals surface area (Å²) in [6.45, 7) is 0. The Hall–Kier alpha value is -5.03. The molecule has 0 radical (unpaired) electrons. The number of phenolic OH excluding ortho intramolecular Hbond substituents is 2. The van der Waals surface area contributed by atoms with Gasteiger partial charge < -0.3 is 10.2 Å². The van der Waals surface area contributed by atoms with Gasteiger partial charge in [-0.05, 0) is 52.8 Å². The minimum atomic E-state index is -0.0867. The zero-order chi connectivity index (χ0) is 25.9. The number of hydrogen-bond donors (Lipinski definition) is 2. The van der Waals surface area contributed by atoms with Crippen molar-refractivity contribution < 1.29 is 10.2 Å². The van der Waals surface area contributed by atoms with E-state index in [0.29, 0.717) is 23.0 Å². The van der Waals surface area contributed by atoms with Gasteiger partial charge in [0.2, 0.25) is 0 Å². The molecule has 184 valence electrons. The van der Waals surface area contributed by atoms with Crippen molar-refractivity contribution in [2.45, 2.75) is 12.8 Å². The molecule has 2 N–H and O–H groups in total. The highest BCUT2D eigenvalue weighted by atomic mass is 16.3. The molecule has 1 heterocycles. The van der Waals surface area contributed by atoms with Crippen molar-refractivity contribution in [1.29, 1.82) is 0 Å². The molecular formula is C33H25N3O2. The standard InChI is InChI=1S/C33H25N3O2/c37-28-19-20-29(30(38)21-28)33-35-31(26-15-11-24(12-16-26)22-7-3-1-4-8-22)34-32(36-33)27-17-13-25(14-18-27)23-9-5-2-6-10-23/h1-13,15-17,19-21,37-38H,14,18H2. The van der Waals surface area contributed by atoms with Gasteiger partial charge in [-0.25, -0.2) is 15.0 Å². The summed E-state index contributed by atoms with van der Waals surface area (Å²) in [5.74, 6) is 1.35. The van der Waals surface area contributed by atoms with Gasteiger partial charge >= 0.3 is 0 Å². The van der Waals surface area contributed by atoms with E-state index >= 15 is 0 Å². The summed E-state index contributed by atoms with van der Waals surface area (Å²) in [5, 5.41) is 20.3. The maximum atomic E-state index is 10.5. The lowest BCUT2D eigenvalue weighted by molar-refractivity contribution is 0.451. The number of aromatic nitrogens is 3. The van der Waals surface area contributed by atoms with E-state index in [-0.39, 0.29) is 11.5 Å². The first kappa shape index (κ1) is 23.4. The fourth-order valence-corrected chi connectivity index (χ4v) is 4.64. The number of aromatic hydroxyl groups is 2. The molecule has 0 aliphatic heterocycles. The molecule has 0 atom stereocenters. The summed E-state index contributed by atoms with van der Waals surface area (Å²) >= 11 is 0. The lowest BCUT2D eigenvalue weighted by Crippen LogP contribution is -2.04. The van der Waals surface area contributed by atoms with Crippen LogP contribution in [-0.4, -0.2) is 25.2 Å². The largest absolute Gasteiger partial charge is 0.508 e. The second-order valence-corrected chi connectivity index (χ2v) is 9.20. The number of nitrogens with zero attached hydrogens (tertiary/aromatic N) is 3. The van der Waals surface area contributed by atoms with Crippen LogP contribution >= 0.6 is 0 Å². The van der Waals surface area contributed by atoms with Crippen LogP contribution in [-0.2, 0) is 0 Å². The molecule has 5 nitrogen and oxygen atoms in total. The third kappa shape index (κ3) is 4.82. The SMILES string of the molecule is Oc1ccc(-c2nc(C3=CC=C(c4ccccc4)CC3)nc(-c3ccc(-c4ccccc4)cc3)n2)c(O)c1. The highest BCUT2D eigenvalue weighted by molar-refractivity contribution is 5.78. The van der Waals surface area contributed by atoms with E-state index in [0.717, 1.165) is 35.1 Å². The van der Waals surface area contributed by atoms with Gasteiger partial charge in [0.25, 0.3) is 0 Å². The van der Waals surface area contributed by atoms with Crippen LogP contribution in [0.15, 0.2) is 115 Å². The first-order valence-electron chi connectivity index (χ1n) is 12.5. The molecule has 0 unspecified atom stereocenters. The van der Waals surface area contributed by atoms with E-state index in [1.165, 1.54) is 23.3 Å². The highest BCUT2D eigenvalue weighted by Crippen LogP contribution is 2.34. The van der Waals surface area contributed by atoms with Gasteiger partial charge in [-0.2, -0.15) is 0 Å². The second kappa shape index (κ2) is 10.1. The van der Waals surface area contributed by atoms with E-state index < -0.39 is 0 Å². The van der Waals surface area contributed by atoms with Gasteiger partial charge in [0.1, 0.15) is 11.5 Å². The summed E-state index contributed by atoms with van der Waals surface area (Å²) in [6.07, 6.45) is 5.87. The van der Waals surface area contributed by atoms with E-state index in [9.17, 15) is 10.2 Å². The average Bonchev–Trinajstić information content (AvgIpc) is 2.98. The van der Waals surface area contributed by atoms with E-state index in [1.54, 1.807) is 6.07 Å². The summed E-state index contributed by atoms with van der Waals surface area (Å²) in [6, 6.07) is 33.1. The molecule has 0 saturated carbocycles. The molecule has 0 fully saturated rings. The van der Waals surface area contributed by atoms with Gasteiger partial charge in [0.05, 0.1) is 5.56 Å². The summed E-state index contributed by atoms with van der Waals surface area (Å²) in [7, 11) is 0. The number of rotatable bonds is 5. The zero-order valence-corrected chi connectivity index (χ0v) is 20.6. The number of allylic oxidation sites excluding steroid dienone is 4. The van der Waals surface area contributed by atoms with Crippen LogP contribution in [0.3, 0.4) is 0 Å². The monoisotopic (exact) mass is 495 g/mol. The average molecular weight is 496 g/mol. The summed E-state index contributed by atoms with van der Waals surface area (Å²) in [4.78, 5) is 14.3. The quantitative estimate of drug-likeness (QED) is 0.263. The van der Waals surface area contributed by atoms with Crippen molar-refractivity contribution >= 4 is 11.1 Å². The Bertz CT molecular complexity index is 1660. The third-order valence-electron chi connectivity index (χ3n) is 6.69.